The first-order valence-electron chi connectivity index (χ1n) is 17.1. The molecule has 3 aromatic heterocycles. The van der Waals surface area contributed by atoms with Crippen LogP contribution in [0.1, 0.15) is 45.8 Å². The second-order valence-electron chi connectivity index (χ2n) is 12.0. The minimum Gasteiger partial charge on any atom is -0.398 e. The summed E-state index contributed by atoms with van der Waals surface area (Å²) < 4.78 is 55.2. The van der Waals surface area contributed by atoms with Crippen molar-refractivity contribution in [2.75, 3.05) is 19.8 Å². The van der Waals surface area contributed by atoms with E-state index in [1.165, 1.54) is 59.5 Å². The summed E-state index contributed by atoms with van der Waals surface area (Å²) in [6, 6.07) is 15.0. The molecule has 3 heterocycles. The third kappa shape index (κ3) is 14.1. The van der Waals surface area contributed by atoms with Crippen LogP contribution in [0.5, 0.6) is 0 Å². The Morgan fingerprint density at radius 3 is 1.90 bits per heavy atom. The molecule has 5 N–H and O–H groups in total. The van der Waals surface area contributed by atoms with E-state index in [1.54, 1.807) is 50.9 Å². The summed E-state index contributed by atoms with van der Waals surface area (Å²) in [6.45, 7) is 7.17. The molecule has 0 bridgehead atoms. The zero-order valence-electron chi connectivity index (χ0n) is 32.1. The van der Waals surface area contributed by atoms with E-state index in [9.17, 15) is 26.8 Å². The molecular formula is C37H39Br2F2I2N11O4S. The summed E-state index contributed by atoms with van der Waals surface area (Å²) in [5.74, 6) is 3.94. The largest absolute Gasteiger partial charge is 0.398 e. The fourth-order valence-electron chi connectivity index (χ4n) is 4.45. The first-order valence-corrected chi connectivity index (χ1v) is 22.3. The minimum atomic E-state index is -3.49. The summed E-state index contributed by atoms with van der Waals surface area (Å²) in [6.07, 6.45) is 7.72. The van der Waals surface area contributed by atoms with E-state index in [2.05, 4.69) is 52.4 Å². The number of aromatic nitrogens is 7. The van der Waals surface area contributed by atoms with Gasteiger partial charge in [0.1, 0.15) is 26.5 Å². The number of benzene rings is 3. The minimum absolute atomic E-state index is 0.0460. The monoisotopic (exact) mass is 1180 g/mol. The van der Waals surface area contributed by atoms with Crippen LogP contribution in [0, 0.1) is 25.7 Å². The number of hydrogen-bond acceptors (Lipinski definition) is 11. The molecule has 6 rings (SSSR count). The van der Waals surface area contributed by atoms with Crippen LogP contribution in [-0.4, -0.2) is 73.5 Å². The number of sulfonamides is 1. The van der Waals surface area contributed by atoms with E-state index in [1.807, 2.05) is 84.9 Å². The number of anilines is 1. The van der Waals surface area contributed by atoms with Crippen molar-refractivity contribution >= 4 is 104 Å². The van der Waals surface area contributed by atoms with E-state index in [0.29, 0.717) is 37.2 Å². The Kier molecular flexibility index (Phi) is 19.4. The van der Waals surface area contributed by atoms with Crippen molar-refractivity contribution in [3.05, 3.63) is 142 Å². The normalized spacial score (nSPS) is 10.8. The molecule has 22 heteroatoms. The van der Waals surface area contributed by atoms with Gasteiger partial charge in [0.2, 0.25) is 5.78 Å². The Bertz CT molecular complexity index is 2510. The van der Waals surface area contributed by atoms with Crippen molar-refractivity contribution in [1.29, 1.82) is 0 Å². The summed E-state index contributed by atoms with van der Waals surface area (Å²) in [5.41, 5.74) is 8.93. The van der Waals surface area contributed by atoms with Crippen LogP contribution in [0.25, 0.3) is 5.69 Å². The van der Waals surface area contributed by atoms with E-state index in [0.717, 1.165) is 20.3 Å². The summed E-state index contributed by atoms with van der Waals surface area (Å²) >= 11 is 10.7. The number of allylic oxidation sites excluding steroid dienone is 1. The topological polar surface area (TPSA) is 202 Å². The van der Waals surface area contributed by atoms with E-state index < -0.39 is 10.0 Å². The average molecular weight is 1190 g/mol. The highest BCUT2D eigenvalue weighted by Crippen LogP contribution is 2.24. The molecule has 0 fully saturated rings. The number of aryl methyl sites for hydroxylation is 3. The lowest BCUT2D eigenvalue weighted by Crippen LogP contribution is -2.30. The number of nitrogen functional groups attached to an aromatic ring is 1. The van der Waals surface area contributed by atoms with Crippen LogP contribution in [-0.2, 0) is 23.1 Å². The molecule has 15 nitrogen and oxygen atoms in total. The number of carbonyl (C=O) groups is 2. The van der Waals surface area contributed by atoms with Crippen LogP contribution < -0.4 is 16.4 Å². The van der Waals surface area contributed by atoms with Crippen LogP contribution >= 0.6 is 77.0 Å². The Labute approximate surface area is 384 Å². The van der Waals surface area contributed by atoms with Gasteiger partial charge in [-0.25, -0.2) is 21.9 Å². The molecular weight excluding hydrogens is 1150 g/mol. The van der Waals surface area contributed by atoms with E-state index >= 15 is 0 Å². The van der Waals surface area contributed by atoms with Gasteiger partial charge < -0.3 is 10.6 Å². The lowest BCUT2D eigenvalue weighted by atomic mass is 10.2. The van der Waals surface area contributed by atoms with Gasteiger partial charge in [-0.1, -0.05) is 22.9 Å². The Balaban J connectivity index is 0.000000224. The number of ketones is 2. The quantitative estimate of drug-likeness (QED) is 0.0310. The first kappa shape index (κ1) is 49.4. The number of nitrogens with two attached hydrogens (primary N) is 2. The lowest BCUT2D eigenvalue weighted by molar-refractivity contribution is 0.102. The van der Waals surface area contributed by atoms with Crippen molar-refractivity contribution in [3.63, 3.8) is 0 Å². The predicted octanol–water partition coefficient (Wildman–Crippen LogP) is 7.30. The summed E-state index contributed by atoms with van der Waals surface area (Å²) in [5, 5.41) is 16.0. The fourth-order valence-corrected chi connectivity index (χ4v) is 7.53. The molecule has 0 saturated carbocycles. The second kappa shape index (κ2) is 23.2. The van der Waals surface area contributed by atoms with Gasteiger partial charge in [0.15, 0.2) is 5.78 Å². The van der Waals surface area contributed by atoms with Crippen molar-refractivity contribution in [1.82, 2.24) is 44.3 Å². The van der Waals surface area contributed by atoms with Gasteiger partial charge in [0.25, 0.3) is 10.0 Å². The number of nitrogens with one attached hydrogen (secondary N) is 1. The maximum atomic E-state index is 13.3. The number of hydrogen-bond donors (Lipinski definition) is 3. The molecule has 0 saturated heterocycles. The Hall–Kier alpha value is -3.95. The van der Waals surface area contributed by atoms with E-state index in [4.69, 9.17) is 11.6 Å². The van der Waals surface area contributed by atoms with Crippen molar-refractivity contribution < 1.29 is 26.8 Å². The standard InChI is InChI=1S/C14H10BrFIN5O.C10H14BrN3O.C7H10N2O2S.C6H5FIN/c1-2-21-14(15)9(6-19-21)13(23)12-7-18-20-22(12)11-4-3-8(16)5-10(11)17;1-4-14-10(11)8(7-12-14)9(15)5-6-13(2)3;1-6-2-4-7(5-3-6)12(10,11)9-8;7-4-1-2-6(9)5(8)3-4/h3-7H,2H2,1H3;5-7H,4H2,1-3H3;2-5,9H,8H2,1H3;1-3H,9H2/b;6-5+;;. The Morgan fingerprint density at radius 2 is 1.41 bits per heavy atom. The molecule has 0 unspecified atom stereocenters. The number of halogens is 6. The molecule has 0 aliphatic carbocycles. The number of rotatable bonds is 10. The highest BCUT2D eigenvalue weighted by atomic mass is 127. The Morgan fingerprint density at radius 1 is 0.864 bits per heavy atom. The van der Waals surface area contributed by atoms with Gasteiger partial charge >= 0.3 is 0 Å². The summed E-state index contributed by atoms with van der Waals surface area (Å²) in [7, 11) is 0.251. The lowest BCUT2D eigenvalue weighted by Gasteiger charge is -2.07. The molecule has 0 aliphatic heterocycles. The first-order chi connectivity index (χ1) is 27.8. The smallest absolute Gasteiger partial charge is 0.253 e. The third-order valence-electron chi connectivity index (χ3n) is 7.55. The van der Waals surface area contributed by atoms with Crippen LogP contribution in [0.2, 0.25) is 0 Å². The van der Waals surface area contributed by atoms with Gasteiger partial charge in [-0.2, -0.15) is 15.0 Å². The van der Waals surface area contributed by atoms with Gasteiger partial charge in [0.05, 0.1) is 40.3 Å². The summed E-state index contributed by atoms with van der Waals surface area (Å²) in [4.78, 5) is 28.2. The van der Waals surface area contributed by atoms with Gasteiger partial charge in [-0.05, 0) is 146 Å². The molecule has 0 amide bonds. The average Bonchev–Trinajstić information content (AvgIpc) is 3.94. The van der Waals surface area contributed by atoms with Crippen LogP contribution in [0.15, 0.2) is 106 Å². The second-order valence-corrected chi connectivity index (χ2v) is 17.6. The number of carbonyl (C=O) groups excluding carboxylic acids is 2. The van der Waals surface area contributed by atoms with Gasteiger partial charge in [-0.15, -0.1) is 5.10 Å². The predicted molar refractivity (Wildman–Crippen MR) is 245 cm³/mol. The molecule has 0 radical (unpaired) electrons. The fraction of sp³-hybridized carbons (Fsp3) is 0.189. The molecule has 6 aromatic rings. The zero-order valence-corrected chi connectivity index (χ0v) is 40.4. The molecule has 314 valence electrons. The highest BCUT2D eigenvalue weighted by molar-refractivity contribution is 14.1. The van der Waals surface area contributed by atoms with Crippen molar-refractivity contribution in [3.8, 4) is 5.69 Å². The van der Waals surface area contributed by atoms with Gasteiger partial charge in [0, 0.05) is 52.3 Å². The van der Waals surface area contributed by atoms with Crippen molar-refractivity contribution in [2.45, 2.75) is 38.8 Å². The SMILES string of the molecule is CCn1ncc(C(=O)/C=C/N(C)C)c1Br.CCn1ncc(C(=O)c2cnnn2-c2ccc(F)cc2I)c1Br.Cc1ccc(S(=O)(=O)NN)cc1.Nc1ccc(F)cc1I. The molecule has 0 spiro atoms. The molecule has 3 aromatic carbocycles. The van der Waals surface area contributed by atoms with Crippen LogP contribution in [0.3, 0.4) is 0 Å². The number of hydrazine groups is 1. The highest BCUT2D eigenvalue weighted by Gasteiger charge is 2.23. The van der Waals surface area contributed by atoms with Gasteiger partial charge in [-0.3, -0.25) is 24.8 Å². The molecule has 59 heavy (non-hydrogen) atoms. The zero-order chi connectivity index (χ0) is 44.0. The number of nitrogens with zero attached hydrogens (tertiary/aromatic N) is 8. The molecule has 0 atom stereocenters. The van der Waals surface area contributed by atoms with Crippen LogP contribution in [0.4, 0.5) is 14.5 Å². The third-order valence-corrected chi connectivity index (χ3v) is 12.2. The maximum Gasteiger partial charge on any atom is 0.253 e. The maximum absolute atomic E-state index is 13.3. The molecule has 0 aliphatic rings. The van der Waals surface area contributed by atoms with Crippen molar-refractivity contribution in [2.24, 2.45) is 5.84 Å². The van der Waals surface area contributed by atoms with E-state index in [-0.39, 0.29) is 33.8 Å².